The van der Waals surface area contributed by atoms with Crippen molar-refractivity contribution < 1.29 is 14.4 Å². The van der Waals surface area contributed by atoms with Gasteiger partial charge in [0.15, 0.2) is 0 Å². The highest BCUT2D eigenvalue weighted by Crippen LogP contribution is 2.29. The second-order valence-corrected chi connectivity index (χ2v) is 7.01. The van der Waals surface area contributed by atoms with Crippen LogP contribution in [-0.2, 0) is 14.4 Å². The Balaban J connectivity index is 1.59. The summed E-state index contributed by atoms with van der Waals surface area (Å²) in [6.45, 7) is 1.95. The Kier molecular flexibility index (Phi) is 5.19. The number of anilines is 2. The van der Waals surface area contributed by atoms with Crippen molar-refractivity contribution >= 4 is 40.9 Å². The van der Waals surface area contributed by atoms with Crippen LogP contribution in [0.2, 0.25) is 0 Å². The van der Waals surface area contributed by atoms with Crippen molar-refractivity contribution in [3.63, 3.8) is 0 Å². The molecule has 0 spiro atoms. The lowest BCUT2D eigenvalue weighted by Gasteiger charge is -2.15. The lowest BCUT2D eigenvalue weighted by molar-refractivity contribution is -0.121. The standard InChI is InChI=1S/C19H18N2O3S/c1-13-7-9-15(10-8-13)21-18(23)11-16(19(21)24)25-12-17(22)20-14-5-3-2-4-6-14/h2-10,16H,11-12H2,1H3,(H,20,22)/t16-/m1/s1. The van der Waals surface area contributed by atoms with Crippen molar-refractivity contribution in [2.45, 2.75) is 18.6 Å². The van der Waals surface area contributed by atoms with Gasteiger partial charge in [-0.15, -0.1) is 11.8 Å². The number of carbonyl (C=O) groups is 3. The lowest BCUT2D eigenvalue weighted by Crippen LogP contribution is -2.31. The molecule has 25 heavy (non-hydrogen) atoms. The fraction of sp³-hybridized carbons (Fsp3) is 0.211. The van der Waals surface area contributed by atoms with Gasteiger partial charge >= 0.3 is 0 Å². The summed E-state index contributed by atoms with van der Waals surface area (Å²) in [6.07, 6.45) is 0.121. The average Bonchev–Trinajstić information content (AvgIpc) is 2.89. The number of benzene rings is 2. The molecule has 2 aromatic rings. The van der Waals surface area contributed by atoms with Crippen LogP contribution < -0.4 is 10.2 Å². The van der Waals surface area contributed by atoms with Gasteiger partial charge in [-0.3, -0.25) is 14.4 Å². The van der Waals surface area contributed by atoms with Gasteiger partial charge in [0.1, 0.15) is 0 Å². The molecular formula is C19H18N2O3S. The van der Waals surface area contributed by atoms with E-state index in [1.807, 2.05) is 37.3 Å². The van der Waals surface area contributed by atoms with Gasteiger partial charge in [-0.05, 0) is 31.2 Å². The second-order valence-electron chi connectivity index (χ2n) is 5.82. The third kappa shape index (κ3) is 4.09. The highest BCUT2D eigenvalue weighted by molar-refractivity contribution is 8.01. The van der Waals surface area contributed by atoms with Gasteiger partial charge in [-0.1, -0.05) is 35.9 Å². The molecule has 1 aliphatic rings. The molecule has 1 N–H and O–H groups in total. The van der Waals surface area contributed by atoms with Crippen LogP contribution in [-0.4, -0.2) is 28.7 Å². The molecule has 2 aromatic carbocycles. The van der Waals surface area contributed by atoms with E-state index in [2.05, 4.69) is 5.32 Å². The first-order valence-electron chi connectivity index (χ1n) is 7.94. The van der Waals surface area contributed by atoms with Crippen LogP contribution in [0.5, 0.6) is 0 Å². The van der Waals surface area contributed by atoms with E-state index in [0.717, 1.165) is 5.56 Å². The zero-order valence-electron chi connectivity index (χ0n) is 13.8. The maximum atomic E-state index is 12.5. The molecule has 1 atom stereocenters. The summed E-state index contributed by atoms with van der Waals surface area (Å²) in [7, 11) is 0. The number of aryl methyl sites for hydroxylation is 1. The molecule has 1 saturated heterocycles. The van der Waals surface area contributed by atoms with Crippen molar-refractivity contribution in [2.75, 3.05) is 16.0 Å². The molecule has 0 unspecified atom stereocenters. The molecule has 6 heteroatoms. The Hall–Kier alpha value is -2.60. The molecule has 0 radical (unpaired) electrons. The van der Waals surface area contributed by atoms with Crippen molar-refractivity contribution in [3.8, 4) is 0 Å². The quantitative estimate of drug-likeness (QED) is 0.838. The van der Waals surface area contributed by atoms with Crippen molar-refractivity contribution in [3.05, 3.63) is 60.2 Å². The highest BCUT2D eigenvalue weighted by atomic mass is 32.2. The normalized spacial score (nSPS) is 17.0. The first-order chi connectivity index (χ1) is 12.0. The molecule has 0 aromatic heterocycles. The third-order valence-electron chi connectivity index (χ3n) is 3.87. The van der Waals surface area contributed by atoms with Gasteiger partial charge in [-0.25, -0.2) is 4.90 Å². The number of carbonyl (C=O) groups excluding carboxylic acids is 3. The summed E-state index contributed by atoms with van der Waals surface area (Å²) in [5, 5.41) is 2.25. The largest absolute Gasteiger partial charge is 0.325 e. The average molecular weight is 354 g/mol. The Morgan fingerprint density at radius 1 is 1.12 bits per heavy atom. The van der Waals surface area contributed by atoms with Crippen LogP contribution in [0.3, 0.4) is 0 Å². The smallest absolute Gasteiger partial charge is 0.247 e. The van der Waals surface area contributed by atoms with E-state index in [0.29, 0.717) is 11.4 Å². The van der Waals surface area contributed by atoms with Crippen molar-refractivity contribution in [1.82, 2.24) is 0 Å². The summed E-state index contributed by atoms with van der Waals surface area (Å²) in [5.74, 6) is -0.549. The van der Waals surface area contributed by atoms with E-state index in [1.165, 1.54) is 16.7 Å². The SMILES string of the molecule is Cc1ccc(N2C(=O)C[C@@H](SCC(=O)Nc3ccccc3)C2=O)cc1. The van der Waals surface area contributed by atoms with Crippen LogP contribution in [0, 0.1) is 6.92 Å². The van der Waals surface area contributed by atoms with E-state index in [-0.39, 0.29) is 29.9 Å². The molecule has 5 nitrogen and oxygen atoms in total. The predicted octanol–water partition coefficient (Wildman–Crippen LogP) is 3.00. The van der Waals surface area contributed by atoms with Crippen molar-refractivity contribution in [2.24, 2.45) is 0 Å². The van der Waals surface area contributed by atoms with Gasteiger partial charge in [0.25, 0.3) is 0 Å². The Morgan fingerprint density at radius 2 is 1.80 bits per heavy atom. The monoisotopic (exact) mass is 354 g/mol. The van der Waals surface area contributed by atoms with E-state index in [9.17, 15) is 14.4 Å². The van der Waals surface area contributed by atoms with Gasteiger partial charge in [0.2, 0.25) is 17.7 Å². The molecule has 0 aliphatic carbocycles. The zero-order valence-corrected chi connectivity index (χ0v) is 14.6. The fourth-order valence-corrected chi connectivity index (χ4v) is 3.53. The number of hydrogen-bond acceptors (Lipinski definition) is 4. The minimum absolute atomic E-state index is 0.121. The number of thioether (sulfide) groups is 1. The zero-order chi connectivity index (χ0) is 17.8. The lowest BCUT2D eigenvalue weighted by atomic mass is 10.2. The molecule has 3 rings (SSSR count). The molecule has 0 saturated carbocycles. The number of nitrogens with zero attached hydrogens (tertiary/aromatic N) is 1. The molecule has 1 aliphatic heterocycles. The van der Waals surface area contributed by atoms with Gasteiger partial charge < -0.3 is 5.32 Å². The van der Waals surface area contributed by atoms with E-state index in [4.69, 9.17) is 0 Å². The minimum atomic E-state index is -0.518. The Morgan fingerprint density at radius 3 is 2.48 bits per heavy atom. The summed E-state index contributed by atoms with van der Waals surface area (Å²) < 4.78 is 0. The summed E-state index contributed by atoms with van der Waals surface area (Å²) in [6, 6.07) is 16.4. The molecule has 128 valence electrons. The molecule has 0 bridgehead atoms. The third-order valence-corrected chi connectivity index (χ3v) is 5.07. The van der Waals surface area contributed by atoms with Gasteiger partial charge in [0, 0.05) is 12.1 Å². The number of imide groups is 1. The first kappa shape index (κ1) is 17.2. The maximum absolute atomic E-state index is 12.5. The number of amides is 3. The van der Waals surface area contributed by atoms with Crippen LogP contribution in [0.1, 0.15) is 12.0 Å². The number of rotatable bonds is 5. The topological polar surface area (TPSA) is 66.5 Å². The molecule has 1 fully saturated rings. The summed E-state index contributed by atoms with van der Waals surface area (Å²) in [5.41, 5.74) is 2.35. The summed E-state index contributed by atoms with van der Waals surface area (Å²) in [4.78, 5) is 38.0. The van der Waals surface area contributed by atoms with E-state index >= 15 is 0 Å². The van der Waals surface area contributed by atoms with E-state index < -0.39 is 5.25 Å². The number of hydrogen-bond donors (Lipinski definition) is 1. The van der Waals surface area contributed by atoms with Gasteiger partial charge in [0.05, 0.1) is 16.7 Å². The van der Waals surface area contributed by atoms with Gasteiger partial charge in [-0.2, -0.15) is 0 Å². The number of para-hydroxylation sites is 1. The van der Waals surface area contributed by atoms with E-state index in [1.54, 1.807) is 24.3 Å². The maximum Gasteiger partial charge on any atom is 0.247 e. The minimum Gasteiger partial charge on any atom is -0.325 e. The van der Waals surface area contributed by atoms with Crippen LogP contribution in [0.25, 0.3) is 0 Å². The second kappa shape index (κ2) is 7.53. The predicted molar refractivity (Wildman–Crippen MR) is 99.6 cm³/mol. The molecular weight excluding hydrogens is 336 g/mol. The Labute approximate surface area is 150 Å². The Bertz CT molecular complexity index is 790. The summed E-state index contributed by atoms with van der Waals surface area (Å²) >= 11 is 1.20. The number of nitrogens with one attached hydrogen (secondary N) is 1. The van der Waals surface area contributed by atoms with Crippen LogP contribution >= 0.6 is 11.8 Å². The highest BCUT2D eigenvalue weighted by Gasteiger charge is 2.39. The first-order valence-corrected chi connectivity index (χ1v) is 8.99. The van der Waals surface area contributed by atoms with Crippen molar-refractivity contribution in [1.29, 1.82) is 0 Å². The fourth-order valence-electron chi connectivity index (χ4n) is 2.59. The molecule has 1 heterocycles. The molecule has 3 amide bonds. The van der Waals surface area contributed by atoms with Crippen LogP contribution in [0.15, 0.2) is 54.6 Å². The van der Waals surface area contributed by atoms with Crippen LogP contribution in [0.4, 0.5) is 11.4 Å².